The van der Waals surface area contributed by atoms with Gasteiger partial charge in [-0.15, -0.1) is 0 Å². The first-order valence-electron chi connectivity index (χ1n) is 8.54. The number of amides is 2. The lowest BCUT2D eigenvalue weighted by Gasteiger charge is -2.25. The molecule has 1 aromatic carbocycles. The number of nitrogens with zero attached hydrogens (tertiary/aromatic N) is 1. The number of nitrogens with one attached hydrogen (secondary N) is 1. The van der Waals surface area contributed by atoms with Crippen LogP contribution in [0.25, 0.3) is 0 Å². The summed E-state index contributed by atoms with van der Waals surface area (Å²) in [6, 6.07) is 4.58. The predicted molar refractivity (Wildman–Crippen MR) is 89.1 cm³/mol. The molecule has 0 spiro atoms. The quantitative estimate of drug-likeness (QED) is 0.897. The molecular weight excluding hydrogens is 308 g/mol. The van der Waals surface area contributed by atoms with Gasteiger partial charge < -0.3 is 19.7 Å². The Hall–Kier alpha value is -2.24. The third-order valence-electron chi connectivity index (χ3n) is 4.36. The minimum atomic E-state index is -0.485. The van der Waals surface area contributed by atoms with Crippen molar-refractivity contribution >= 4 is 11.8 Å². The van der Waals surface area contributed by atoms with Crippen LogP contribution in [0.15, 0.2) is 18.2 Å². The Kier molecular flexibility index (Phi) is 4.92. The fourth-order valence-corrected chi connectivity index (χ4v) is 3.13. The number of benzene rings is 1. The van der Waals surface area contributed by atoms with Gasteiger partial charge in [0.2, 0.25) is 12.7 Å². The van der Waals surface area contributed by atoms with Crippen molar-refractivity contribution in [1.82, 2.24) is 10.2 Å². The summed E-state index contributed by atoms with van der Waals surface area (Å²) in [5, 5.41) is 2.91. The van der Waals surface area contributed by atoms with Crippen molar-refractivity contribution in [1.29, 1.82) is 0 Å². The first kappa shape index (κ1) is 16.6. The lowest BCUT2D eigenvalue weighted by Crippen LogP contribution is -2.48. The van der Waals surface area contributed by atoms with Gasteiger partial charge in [-0.3, -0.25) is 9.59 Å². The van der Waals surface area contributed by atoms with Crippen LogP contribution in [0.3, 0.4) is 0 Å². The van der Waals surface area contributed by atoms with Crippen molar-refractivity contribution < 1.29 is 19.1 Å². The highest BCUT2D eigenvalue weighted by atomic mass is 16.7. The summed E-state index contributed by atoms with van der Waals surface area (Å²) in [6.07, 6.45) is 2.71. The van der Waals surface area contributed by atoms with Gasteiger partial charge in [0.15, 0.2) is 11.5 Å². The molecular formula is C18H24N2O4. The van der Waals surface area contributed by atoms with Crippen LogP contribution in [-0.4, -0.2) is 42.6 Å². The van der Waals surface area contributed by atoms with E-state index in [1.807, 2.05) is 4.90 Å². The van der Waals surface area contributed by atoms with Gasteiger partial charge in [-0.05, 0) is 43.4 Å². The minimum absolute atomic E-state index is 0.0234. The van der Waals surface area contributed by atoms with E-state index in [0.29, 0.717) is 29.4 Å². The van der Waals surface area contributed by atoms with Crippen molar-refractivity contribution in [2.45, 2.75) is 39.2 Å². The van der Waals surface area contributed by atoms with E-state index < -0.39 is 6.04 Å². The maximum Gasteiger partial charge on any atom is 0.252 e. The van der Waals surface area contributed by atoms with E-state index in [1.165, 1.54) is 0 Å². The summed E-state index contributed by atoms with van der Waals surface area (Å²) >= 11 is 0. The highest BCUT2D eigenvalue weighted by Gasteiger charge is 2.29. The summed E-state index contributed by atoms with van der Waals surface area (Å²) < 4.78 is 10.6. The molecule has 2 heterocycles. The lowest BCUT2D eigenvalue weighted by molar-refractivity contribution is -0.132. The highest BCUT2D eigenvalue weighted by molar-refractivity contribution is 5.98. The number of rotatable bonds is 5. The Morgan fingerprint density at radius 3 is 2.58 bits per heavy atom. The van der Waals surface area contributed by atoms with Crippen LogP contribution >= 0.6 is 0 Å². The van der Waals surface area contributed by atoms with Crippen molar-refractivity contribution in [3.8, 4) is 11.5 Å². The molecule has 1 N–H and O–H groups in total. The highest BCUT2D eigenvalue weighted by Crippen LogP contribution is 2.32. The van der Waals surface area contributed by atoms with Gasteiger partial charge in [0.05, 0.1) is 0 Å². The average Bonchev–Trinajstić information content (AvgIpc) is 3.23. The maximum atomic E-state index is 12.7. The predicted octanol–water partition coefficient (Wildman–Crippen LogP) is 2.18. The Labute approximate surface area is 142 Å². The maximum absolute atomic E-state index is 12.7. The molecule has 1 aromatic rings. The fraction of sp³-hybridized carbons (Fsp3) is 0.556. The smallest absolute Gasteiger partial charge is 0.252 e. The first-order chi connectivity index (χ1) is 11.5. The molecule has 130 valence electrons. The number of fused-ring (bicyclic) bond motifs is 1. The molecule has 0 radical (unpaired) electrons. The second kappa shape index (κ2) is 7.11. The molecule has 2 amide bonds. The monoisotopic (exact) mass is 332 g/mol. The van der Waals surface area contributed by atoms with Crippen LogP contribution in [0.4, 0.5) is 0 Å². The summed E-state index contributed by atoms with van der Waals surface area (Å²) in [5.41, 5.74) is 0.474. The van der Waals surface area contributed by atoms with Gasteiger partial charge in [0.25, 0.3) is 5.91 Å². The van der Waals surface area contributed by atoms with E-state index in [9.17, 15) is 9.59 Å². The molecule has 0 saturated carbocycles. The Morgan fingerprint density at radius 1 is 1.17 bits per heavy atom. The van der Waals surface area contributed by atoms with Gasteiger partial charge >= 0.3 is 0 Å². The largest absolute Gasteiger partial charge is 0.454 e. The molecule has 0 unspecified atom stereocenters. The summed E-state index contributed by atoms with van der Waals surface area (Å²) in [6.45, 7) is 5.85. The summed E-state index contributed by atoms with van der Waals surface area (Å²) in [5.74, 6) is 1.28. The first-order valence-corrected chi connectivity index (χ1v) is 8.54. The zero-order valence-electron chi connectivity index (χ0n) is 14.2. The number of ether oxygens (including phenoxy) is 2. The van der Waals surface area contributed by atoms with Crippen LogP contribution in [0, 0.1) is 5.92 Å². The molecule has 1 atom stereocenters. The molecule has 1 saturated heterocycles. The van der Waals surface area contributed by atoms with Crippen LogP contribution < -0.4 is 14.8 Å². The molecule has 24 heavy (non-hydrogen) atoms. The van der Waals surface area contributed by atoms with Crippen molar-refractivity contribution in [3.63, 3.8) is 0 Å². The lowest BCUT2D eigenvalue weighted by atomic mass is 10.0. The molecule has 1 fully saturated rings. The summed E-state index contributed by atoms with van der Waals surface area (Å²) in [4.78, 5) is 27.1. The summed E-state index contributed by atoms with van der Waals surface area (Å²) in [7, 11) is 0. The molecule has 0 bridgehead atoms. The second-order valence-electron chi connectivity index (χ2n) is 6.76. The van der Waals surface area contributed by atoms with Crippen molar-refractivity contribution in [2.24, 2.45) is 5.92 Å². The van der Waals surface area contributed by atoms with Crippen molar-refractivity contribution in [2.75, 3.05) is 19.9 Å². The normalized spacial score (nSPS) is 17.2. The number of hydrogen-bond donors (Lipinski definition) is 1. The van der Waals surface area contributed by atoms with Gasteiger partial charge in [0, 0.05) is 18.7 Å². The van der Waals surface area contributed by atoms with Crippen LogP contribution in [0.2, 0.25) is 0 Å². The van der Waals surface area contributed by atoms with Gasteiger partial charge in [0.1, 0.15) is 6.04 Å². The Balaban J connectivity index is 1.71. The van der Waals surface area contributed by atoms with Gasteiger partial charge in [-0.2, -0.15) is 0 Å². The SMILES string of the molecule is CC(C)C[C@H](NC(=O)c1ccc2c(c1)OCO2)C(=O)N1CCCC1. The molecule has 3 rings (SSSR count). The molecule has 0 aromatic heterocycles. The molecule has 6 heteroatoms. The van der Waals surface area contributed by atoms with Crippen LogP contribution in [0.5, 0.6) is 11.5 Å². The average molecular weight is 332 g/mol. The zero-order chi connectivity index (χ0) is 17.1. The van der Waals surface area contributed by atoms with Crippen molar-refractivity contribution in [3.05, 3.63) is 23.8 Å². The van der Waals surface area contributed by atoms with Gasteiger partial charge in [-0.25, -0.2) is 0 Å². The van der Waals surface area contributed by atoms with Crippen LogP contribution in [0.1, 0.15) is 43.5 Å². The second-order valence-corrected chi connectivity index (χ2v) is 6.76. The molecule has 2 aliphatic heterocycles. The van der Waals surface area contributed by atoms with E-state index in [0.717, 1.165) is 25.9 Å². The van der Waals surface area contributed by atoms with Crippen LogP contribution in [-0.2, 0) is 4.79 Å². The van der Waals surface area contributed by atoms with E-state index in [1.54, 1.807) is 18.2 Å². The number of carbonyl (C=O) groups excluding carboxylic acids is 2. The Morgan fingerprint density at radius 2 is 1.88 bits per heavy atom. The van der Waals surface area contributed by atoms with E-state index in [-0.39, 0.29) is 18.6 Å². The molecule has 2 aliphatic rings. The van der Waals surface area contributed by atoms with Gasteiger partial charge in [-0.1, -0.05) is 13.8 Å². The third-order valence-corrected chi connectivity index (χ3v) is 4.36. The standard InChI is InChI=1S/C18H24N2O4/c1-12(2)9-14(18(22)20-7-3-4-8-20)19-17(21)13-5-6-15-16(10-13)24-11-23-15/h5-6,10,12,14H,3-4,7-9,11H2,1-2H3,(H,19,21)/t14-/m0/s1. The number of carbonyl (C=O) groups is 2. The molecule has 6 nitrogen and oxygen atoms in total. The van der Waals surface area contributed by atoms with E-state index >= 15 is 0 Å². The van der Waals surface area contributed by atoms with E-state index in [4.69, 9.17) is 9.47 Å². The topological polar surface area (TPSA) is 67.9 Å². The third kappa shape index (κ3) is 3.63. The zero-order valence-corrected chi connectivity index (χ0v) is 14.2. The number of hydrogen-bond acceptors (Lipinski definition) is 4. The minimum Gasteiger partial charge on any atom is -0.454 e. The molecule has 0 aliphatic carbocycles. The number of likely N-dealkylation sites (tertiary alicyclic amines) is 1. The Bertz CT molecular complexity index is 623. The van der Waals surface area contributed by atoms with E-state index in [2.05, 4.69) is 19.2 Å². The fourth-order valence-electron chi connectivity index (χ4n) is 3.13.